The predicted molar refractivity (Wildman–Crippen MR) is 90.0 cm³/mol. The third-order valence-electron chi connectivity index (χ3n) is 3.17. The predicted octanol–water partition coefficient (Wildman–Crippen LogP) is 2.56. The number of anilines is 1. The lowest BCUT2D eigenvalue weighted by Crippen LogP contribution is -2.07. The van der Waals surface area contributed by atoms with Crippen molar-refractivity contribution < 1.29 is 30.3 Å². The molecule has 0 aliphatic carbocycles. The van der Waals surface area contributed by atoms with Gasteiger partial charge in [0.25, 0.3) is 0 Å². The van der Waals surface area contributed by atoms with Crippen LogP contribution < -0.4 is 19.7 Å². The monoisotopic (exact) mass is 389 g/mol. The zero-order chi connectivity index (χ0) is 18.2. The SMILES string of the molecule is Cc1ncnc(NCCc2ccc3c(c2)OCO3)c1Cl.O=[P+]([O-])OO.[HH]. The van der Waals surface area contributed by atoms with E-state index in [1.807, 2.05) is 25.1 Å². The van der Waals surface area contributed by atoms with Crippen molar-refractivity contribution in [1.29, 1.82) is 0 Å². The zero-order valence-corrected chi connectivity index (χ0v) is 14.8. The highest BCUT2D eigenvalue weighted by Crippen LogP contribution is 2.32. The fourth-order valence-corrected chi connectivity index (χ4v) is 2.17. The summed E-state index contributed by atoms with van der Waals surface area (Å²) in [6.45, 7) is 2.88. The Labute approximate surface area is 150 Å². The van der Waals surface area contributed by atoms with Crippen LogP contribution in [-0.2, 0) is 15.7 Å². The third kappa shape index (κ3) is 5.77. The number of nitrogens with zero attached hydrogens (tertiary/aromatic N) is 2. The Morgan fingerprint density at radius 1 is 1.44 bits per heavy atom. The number of aromatic nitrogens is 2. The number of hydrogen-bond donors (Lipinski definition) is 2. The van der Waals surface area contributed by atoms with Crippen molar-refractivity contribution in [1.82, 2.24) is 9.97 Å². The van der Waals surface area contributed by atoms with Crippen LogP contribution >= 0.6 is 19.9 Å². The van der Waals surface area contributed by atoms with Gasteiger partial charge >= 0.3 is 8.25 Å². The summed E-state index contributed by atoms with van der Waals surface area (Å²) < 4.78 is 22.3. The minimum atomic E-state index is -3.04. The van der Waals surface area contributed by atoms with Gasteiger partial charge in [-0.2, -0.15) is 0 Å². The van der Waals surface area contributed by atoms with Gasteiger partial charge in [-0.05, 0) is 35.6 Å². The summed E-state index contributed by atoms with van der Waals surface area (Å²) in [6.07, 6.45) is 2.35. The molecule has 0 bridgehead atoms. The molecule has 136 valence electrons. The molecule has 1 unspecified atom stereocenters. The molecule has 0 spiro atoms. The van der Waals surface area contributed by atoms with Crippen LogP contribution in [0.3, 0.4) is 0 Å². The number of rotatable bonds is 5. The molecule has 1 aromatic carbocycles. The normalized spacial score (nSPS) is 12.2. The van der Waals surface area contributed by atoms with Crippen molar-refractivity contribution in [2.75, 3.05) is 18.7 Å². The number of fused-ring (bicyclic) bond motifs is 1. The standard InChI is InChI=1S/C14H14ClN3O2.HO4P.H2/c1-9-13(15)14(18-7-17-9)16-5-4-10-2-3-11-12(6-10)20-8-19-11;1-4-5(2)3;/h2-3,6-7H,4-5,8H2,1H3,(H,16,17,18);1H;1H. The minimum Gasteiger partial charge on any atom is -0.565 e. The molecule has 1 aliphatic heterocycles. The Kier molecular flexibility index (Phi) is 7.30. The van der Waals surface area contributed by atoms with E-state index in [9.17, 15) is 0 Å². The van der Waals surface area contributed by atoms with Crippen LogP contribution in [0.2, 0.25) is 5.02 Å². The van der Waals surface area contributed by atoms with Gasteiger partial charge in [0.05, 0.1) is 5.69 Å². The molecule has 1 aromatic heterocycles. The molecule has 2 N–H and O–H groups in total. The summed E-state index contributed by atoms with van der Waals surface area (Å²) >= 11 is 6.13. The van der Waals surface area contributed by atoms with Crippen molar-refractivity contribution in [3.05, 3.63) is 40.8 Å². The molecule has 1 atom stereocenters. The van der Waals surface area contributed by atoms with Gasteiger partial charge in [-0.25, -0.2) is 15.2 Å². The van der Waals surface area contributed by atoms with E-state index in [2.05, 4.69) is 20.0 Å². The molecule has 25 heavy (non-hydrogen) atoms. The van der Waals surface area contributed by atoms with Gasteiger partial charge < -0.3 is 19.7 Å². The average Bonchev–Trinajstić information content (AvgIpc) is 3.07. The van der Waals surface area contributed by atoms with Gasteiger partial charge in [-0.1, -0.05) is 17.7 Å². The molecule has 3 rings (SSSR count). The van der Waals surface area contributed by atoms with Gasteiger partial charge in [0.15, 0.2) is 11.5 Å². The summed E-state index contributed by atoms with van der Waals surface area (Å²) in [5.41, 5.74) is 1.94. The Morgan fingerprint density at radius 2 is 2.16 bits per heavy atom. The Bertz CT molecular complexity index is 755. The third-order valence-corrected chi connectivity index (χ3v) is 3.76. The Balaban J connectivity index is 0.000000501. The molecule has 11 heteroatoms. The highest BCUT2D eigenvalue weighted by atomic mass is 35.5. The number of ether oxygens (including phenoxy) is 2. The van der Waals surface area contributed by atoms with E-state index < -0.39 is 8.25 Å². The van der Waals surface area contributed by atoms with E-state index in [1.165, 1.54) is 11.9 Å². The quantitative estimate of drug-likeness (QED) is 0.450. The summed E-state index contributed by atoms with van der Waals surface area (Å²) in [5, 5.41) is 10.8. The smallest absolute Gasteiger partial charge is 0.521 e. The highest BCUT2D eigenvalue weighted by Gasteiger charge is 2.13. The first-order valence-electron chi connectivity index (χ1n) is 7.06. The molecule has 9 nitrogen and oxygen atoms in total. The molecule has 0 saturated heterocycles. The molecule has 0 saturated carbocycles. The number of aryl methyl sites for hydroxylation is 1. The summed E-state index contributed by atoms with van der Waals surface area (Å²) in [4.78, 5) is 17.1. The van der Waals surface area contributed by atoms with Gasteiger partial charge in [0.1, 0.15) is 17.2 Å². The van der Waals surface area contributed by atoms with Crippen LogP contribution in [0.15, 0.2) is 24.5 Å². The summed E-state index contributed by atoms with van der Waals surface area (Å²) in [7, 11) is -3.04. The van der Waals surface area contributed by atoms with Crippen LogP contribution in [-0.4, -0.2) is 28.6 Å². The van der Waals surface area contributed by atoms with E-state index in [-0.39, 0.29) is 1.43 Å². The highest BCUT2D eigenvalue weighted by molar-refractivity contribution is 7.30. The molecule has 0 radical (unpaired) electrons. The number of hydrogen-bond acceptors (Lipinski definition) is 9. The molecule has 2 aromatic rings. The van der Waals surface area contributed by atoms with Crippen molar-refractivity contribution in [2.45, 2.75) is 13.3 Å². The zero-order valence-electron chi connectivity index (χ0n) is 13.1. The van der Waals surface area contributed by atoms with Crippen molar-refractivity contribution in [3.8, 4) is 11.5 Å². The van der Waals surface area contributed by atoms with E-state index in [0.29, 0.717) is 17.6 Å². The molecule has 2 heterocycles. The van der Waals surface area contributed by atoms with Gasteiger partial charge in [-0.15, -0.1) is 0 Å². The largest absolute Gasteiger partial charge is 0.565 e. The van der Waals surface area contributed by atoms with Crippen LogP contribution in [0.25, 0.3) is 0 Å². The van der Waals surface area contributed by atoms with Crippen molar-refractivity contribution >= 4 is 25.7 Å². The van der Waals surface area contributed by atoms with Crippen LogP contribution in [0.5, 0.6) is 11.5 Å². The second kappa shape index (κ2) is 9.45. The van der Waals surface area contributed by atoms with Crippen molar-refractivity contribution in [2.24, 2.45) is 0 Å². The lowest BCUT2D eigenvalue weighted by molar-refractivity contribution is -0.244. The fourth-order valence-electron chi connectivity index (χ4n) is 2.00. The van der Waals surface area contributed by atoms with Gasteiger partial charge in [-0.3, -0.25) is 0 Å². The van der Waals surface area contributed by atoms with E-state index in [0.717, 1.165) is 30.2 Å². The minimum absolute atomic E-state index is 0. The van der Waals surface area contributed by atoms with Gasteiger partial charge in [0, 0.05) is 12.6 Å². The second-order valence-electron chi connectivity index (χ2n) is 4.79. The van der Waals surface area contributed by atoms with E-state index in [1.54, 1.807) is 0 Å². The van der Waals surface area contributed by atoms with E-state index >= 15 is 0 Å². The summed E-state index contributed by atoms with van der Waals surface area (Å²) in [6, 6.07) is 5.96. The second-order valence-corrected chi connectivity index (χ2v) is 5.78. The van der Waals surface area contributed by atoms with E-state index in [4.69, 9.17) is 35.8 Å². The maximum absolute atomic E-state index is 8.93. The number of halogens is 1. The maximum atomic E-state index is 8.93. The first kappa shape index (κ1) is 19.3. The lowest BCUT2D eigenvalue weighted by Gasteiger charge is -2.08. The molecule has 0 amide bonds. The topological polar surface area (TPSA) is 126 Å². The first-order valence-corrected chi connectivity index (χ1v) is 8.54. The van der Waals surface area contributed by atoms with Crippen LogP contribution in [0.4, 0.5) is 5.82 Å². The molecular formula is C14H17ClN3O6P. The summed E-state index contributed by atoms with van der Waals surface area (Å²) in [5.74, 6) is 2.27. The van der Waals surface area contributed by atoms with Crippen LogP contribution in [0.1, 0.15) is 12.7 Å². The molecule has 0 fully saturated rings. The number of benzene rings is 1. The Hall–Kier alpha value is -2.03. The Morgan fingerprint density at radius 3 is 2.88 bits per heavy atom. The van der Waals surface area contributed by atoms with Crippen molar-refractivity contribution in [3.63, 3.8) is 0 Å². The van der Waals surface area contributed by atoms with Crippen LogP contribution in [0, 0.1) is 6.92 Å². The van der Waals surface area contributed by atoms with Gasteiger partial charge in [0.2, 0.25) is 6.79 Å². The fraction of sp³-hybridized carbons (Fsp3) is 0.286. The maximum Gasteiger partial charge on any atom is 0.521 e. The lowest BCUT2D eigenvalue weighted by atomic mass is 10.1. The molecule has 1 aliphatic rings. The average molecular weight is 390 g/mol. The first-order chi connectivity index (χ1) is 12.0. The number of nitrogens with one attached hydrogen (secondary N) is 1. The molecular weight excluding hydrogens is 373 g/mol.